The lowest BCUT2D eigenvalue weighted by Gasteiger charge is -2.42. The number of aliphatic carboxylic acids is 1. The van der Waals surface area contributed by atoms with Gasteiger partial charge in [-0.1, -0.05) is 78.3 Å². The van der Waals surface area contributed by atoms with Gasteiger partial charge in [-0.25, -0.2) is 4.79 Å². The number of methoxy groups -OCH3 is 2. The smallest absolute Gasteiger partial charge is 0.326 e. The molecule has 2 rings (SSSR count). The number of nitrogens with zero attached hydrogens (tertiary/aromatic N) is 2. The fourth-order valence-corrected chi connectivity index (χ4v) is 7.63. The number of likely N-dealkylation sites (N-methyl/N-ethyl adjacent to an activating group) is 2. The molecule has 1 aromatic rings. The number of likely N-dealkylation sites (tertiary alicyclic amines) is 1. The van der Waals surface area contributed by atoms with E-state index in [0.29, 0.717) is 25.8 Å². The molecule has 13 heteroatoms. The Morgan fingerprint density at radius 3 is 2.06 bits per heavy atom. The van der Waals surface area contributed by atoms with Crippen molar-refractivity contribution in [3.05, 3.63) is 35.9 Å². The number of carbonyl (C=O) groups excluding carboxylic acids is 4. The Balaban J connectivity index is 2.31. The molecule has 1 fully saturated rings. The molecule has 300 valence electrons. The van der Waals surface area contributed by atoms with Gasteiger partial charge < -0.3 is 40.3 Å². The van der Waals surface area contributed by atoms with E-state index < -0.39 is 59.7 Å². The van der Waals surface area contributed by atoms with Gasteiger partial charge in [0.25, 0.3) is 0 Å². The van der Waals surface area contributed by atoms with E-state index in [1.165, 1.54) is 14.2 Å². The lowest BCUT2D eigenvalue weighted by Crippen LogP contribution is -2.60. The summed E-state index contributed by atoms with van der Waals surface area (Å²) in [6.07, 6.45) is 0.709. The molecule has 0 unspecified atom stereocenters. The monoisotopic (exact) mass is 745 g/mol. The van der Waals surface area contributed by atoms with Crippen LogP contribution < -0.4 is 16.0 Å². The van der Waals surface area contributed by atoms with E-state index in [1.807, 2.05) is 71.9 Å². The van der Waals surface area contributed by atoms with Crippen LogP contribution in [0, 0.1) is 23.2 Å². The minimum atomic E-state index is -1.20. The van der Waals surface area contributed by atoms with Crippen molar-refractivity contribution in [3.8, 4) is 0 Å². The van der Waals surface area contributed by atoms with Gasteiger partial charge in [0.2, 0.25) is 23.6 Å². The molecule has 13 nitrogen and oxygen atoms in total. The number of rotatable bonds is 21. The first-order chi connectivity index (χ1) is 24.9. The Hall–Kier alpha value is -3.55. The fraction of sp³-hybridized carbons (Fsp3) is 0.725. The highest BCUT2D eigenvalue weighted by molar-refractivity contribution is 5.90. The Morgan fingerprint density at radius 2 is 1.57 bits per heavy atom. The molecule has 1 aliphatic rings. The summed E-state index contributed by atoms with van der Waals surface area (Å²) in [5.74, 6) is -2.56. The second kappa shape index (κ2) is 20.8. The summed E-state index contributed by atoms with van der Waals surface area (Å²) in [5.41, 5.74) is -0.417. The molecule has 0 aliphatic carbocycles. The highest BCUT2D eigenvalue weighted by Gasteiger charge is 2.48. The van der Waals surface area contributed by atoms with Gasteiger partial charge in [-0.3, -0.25) is 19.2 Å². The molecule has 0 spiro atoms. The number of ether oxygens (including phenoxy) is 2. The van der Waals surface area contributed by atoms with E-state index in [4.69, 9.17) is 9.47 Å². The van der Waals surface area contributed by atoms with Crippen molar-refractivity contribution in [2.45, 2.75) is 130 Å². The number of nitrogens with one attached hydrogen (secondary N) is 3. The molecule has 1 aliphatic heterocycles. The SMILES string of the molecule is CC[C@H](C)[C@@H]([C@@H](CC(=O)N1CCC[C@H]1[C@H](OC)C(C)(C)C(=O)N[C@@H](Cc1ccccc1)C(=O)O)OC)N(C)C(=O)[C@@H](NC(=O)[C@@H](NC)C(C)C)C(C)C. The quantitative estimate of drug-likeness (QED) is 0.147. The van der Waals surface area contributed by atoms with Crippen LogP contribution in [0.25, 0.3) is 0 Å². The topological polar surface area (TPSA) is 167 Å². The maximum atomic E-state index is 14.2. The number of benzene rings is 1. The molecule has 1 aromatic carbocycles. The van der Waals surface area contributed by atoms with Crippen molar-refractivity contribution in [1.29, 1.82) is 0 Å². The van der Waals surface area contributed by atoms with Gasteiger partial charge in [0.1, 0.15) is 12.1 Å². The second-order valence-corrected chi connectivity index (χ2v) is 15.8. The highest BCUT2D eigenvalue weighted by Crippen LogP contribution is 2.35. The number of carboxylic acids is 1. The molecule has 53 heavy (non-hydrogen) atoms. The first-order valence-electron chi connectivity index (χ1n) is 19.0. The molecule has 4 amide bonds. The van der Waals surface area contributed by atoms with E-state index >= 15 is 0 Å². The fourth-order valence-electron chi connectivity index (χ4n) is 7.63. The summed E-state index contributed by atoms with van der Waals surface area (Å²) in [6.45, 7) is 15.6. The van der Waals surface area contributed by atoms with E-state index in [0.717, 1.165) is 5.56 Å². The summed E-state index contributed by atoms with van der Waals surface area (Å²) in [7, 11) is 6.46. The molecule has 0 bridgehead atoms. The molecule has 0 radical (unpaired) electrons. The molecule has 8 atom stereocenters. The molecule has 1 heterocycles. The van der Waals surface area contributed by atoms with E-state index in [2.05, 4.69) is 16.0 Å². The van der Waals surface area contributed by atoms with Gasteiger partial charge in [-0.2, -0.15) is 0 Å². The second-order valence-electron chi connectivity index (χ2n) is 15.8. The molecule has 0 saturated carbocycles. The minimum Gasteiger partial charge on any atom is -0.480 e. The normalized spacial score (nSPS) is 18.8. The van der Waals surface area contributed by atoms with Crippen LogP contribution in [-0.2, 0) is 39.9 Å². The first-order valence-corrected chi connectivity index (χ1v) is 19.0. The highest BCUT2D eigenvalue weighted by atomic mass is 16.5. The van der Waals surface area contributed by atoms with Gasteiger partial charge >= 0.3 is 5.97 Å². The van der Waals surface area contributed by atoms with Crippen molar-refractivity contribution in [2.75, 3.05) is 34.9 Å². The molecular formula is C40H67N5O8. The summed E-state index contributed by atoms with van der Waals surface area (Å²) < 4.78 is 12.0. The maximum Gasteiger partial charge on any atom is 0.326 e. The zero-order chi connectivity index (χ0) is 40.2. The Kier molecular flexibility index (Phi) is 17.9. The Labute approximate surface area is 317 Å². The van der Waals surface area contributed by atoms with Crippen LogP contribution in [0.2, 0.25) is 0 Å². The number of carboxylic acid groups (broad SMARTS) is 1. The largest absolute Gasteiger partial charge is 0.480 e. The van der Waals surface area contributed by atoms with Crippen LogP contribution >= 0.6 is 0 Å². The van der Waals surface area contributed by atoms with Crippen LogP contribution in [0.3, 0.4) is 0 Å². The summed E-state index contributed by atoms with van der Waals surface area (Å²) in [4.78, 5) is 70.9. The van der Waals surface area contributed by atoms with Crippen LogP contribution in [-0.4, -0.2) is 122 Å². The Bertz CT molecular complexity index is 1360. The lowest BCUT2D eigenvalue weighted by molar-refractivity contribution is -0.152. The number of carbonyl (C=O) groups is 5. The average molecular weight is 746 g/mol. The zero-order valence-corrected chi connectivity index (χ0v) is 34.1. The van der Waals surface area contributed by atoms with Gasteiger partial charge in [-0.05, 0) is 57.1 Å². The molecule has 4 N–H and O–H groups in total. The number of hydrogen-bond acceptors (Lipinski definition) is 8. The third-order valence-electron chi connectivity index (χ3n) is 11.0. The van der Waals surface area contributed by atoms with Crippen molar-refractivity contribution in [2.24, 2.45) is 23.2 Å². The summed E-state index contributed by atoms with van der Waals surface area (Å²) in [5, 5.41) is 18.7. The standard InChI is InChI=1S/C40H67N5O8/c1-13-26(6)34(44(10)37(48)33(25(4)5)43-36(47)32(41-9)24(2)3)30(52-11)23-31(46)45-21-17-20-29(45)35(53-12)40(7,8)39(51)42-28(38(49)50)22-27-18-15-14-16-19-27/h14-16,18-19,24-26,28-30,32-35,41H,13,17,20-23H2,1-12H3,(H,42,51)(H,43,47)(H,49,50)/t26-,28-,29-,30+,32-,33-,34-,35-/m0/s1. The summed E-state index contributed by atoms with van der Waals surface area (Å²) >= 11 is 0. The third kappa shape index (κ3) is 11.7. The first kappa shape index (κ1) is 45.6. The summed E-state index contributed by atoms with van der Waals surface area (Å²) in [6, 6.07) is 5.78. The van der Waals surface area contributed by atoms with Gasteiger partial charge in [0.05, 0.1) is 42.2 Å². The van der Waals surface area contributed by atoms with Gasteiger partial charge in [-0.15, -0.1) is 0 Å². The van der Waals surface area contributed by atoms with E-state index in [9.17, 15) is 29.1 Å². The van der Waals surface area contributed by atoms with Crippen LogP contribution in [0.5, 0.6) is 0 Å². The van der Waals surface area contributed by atoms with Crippen molar-refractivity contribution in [3.63, 3.8) is 0 Å². The predicted octanol–water partition coefficient (Wildman–Crippen LogP) is 3.49. The van der Waals surface area contributed by atoms with Gasteiger partial charge in [0.15, 0.2) is 0 Å². The number of hydrogen-bond donors (Lipinski definition) is 4. The van der Waals surface area contributed by atoms with Crippen molar-refractivity contribution >= 4 is 29.6 Å². The maximum absolute atomic E-state index is 14.2. The van der Waals surface area contributed by atoms with Gasteiger partial charge in [0, 0.05) is 34.2 Å². The zero-order valence-electron chi connectivity index (χ0n) is 34.1. The lowest BCUT2D eigenvalue weighted by atomic mass is 9.80. The molecule has 0 aromatic heterocycles. The average Bonchev–Trinajstić information content (AvgIpc) is 3.59. The van der Waals surface area contributed by atoms with Crippen molar-refractivity contribution < 1.29 is 38.6 Å². The van der Waals surface area contributed by atoms with Crippen LogP contribution in [0.1, 0.15) is 86.6 Å². The molecular weight excluding hydrogens is 678 g/mol. The third-order valence-corrected chi connectivity index (χ3v) is 11.0. The minimum absolute atomic E-state index is 0.0191. The van der Waals surface area contributed by atoms with E-state index in [-0.39, 0.29) is 48.3 Å². The number of amides is 4. The molecule has 1 saturated heterocycles. The Morgan fingerprint density at radius 1 is 0.962 bits per heavy atom. The van der Waals surface area contributed by atoms with Crippen LogP contribution in [0.4, 0.5) is 0 Å². The van der Waals surface area contributed by atoms with E-state index in [1.54, 1.807) is 37.7 Å². The predicted molar refractivity (Wildman–Crippen MR) is 205 cm³/mol. The van der Waals surface area contributed by atoms with Crippen molar-refractivity contribution in [1.82, 2.24) is 25.8 Å². The van der Waals surface area contributed by atoms with Crippen LogP contribution in [0.15, 0.2) is 30.3 Å².